The van der Waals surface area contributed by atoms with E-state index in [4.69, 9.17) is 15.0 Å². The van der Waals surface area contributed by atoms with Gasteiger partial charge < -0.3 is 26.2 Å². The molecule has 3 rings (SSSR count). The second-order valence-electron chi connectivity index (χ2n) is 8.19. The Labute approximate surface area is 217 Å². The lowest BCUT2D eigenvalue weighted by Gasteiger charge is -2.17. The average Bonchev–Trinajstić information content (AvgIpc) is 2.84. The van der Waals surface area contributed by atoms with E-state index >= 15 is 0 Å². The van der Waals surface area contributed by atoms with Gasteiger partial charge in [-0.2, -0.15) is 18.2 Å². The molecule has 0 aliphatic carbocycles. The minimum Gasteiger partial charge on any atom is -0.495 e. The lowest BCUT2D eigenvalue weighted by molar-refractivity contribution is -0.137. The molecular formula is C24H26F3N5O5P+. The minimum absolute atomic E-state index is 0.0174. The summed E-state index contributed by atoms with van der Waals surface area (Å²) in [5.74, 6) is -1.33. The summed E-state index contributed by atoms with van der Waals surface area (Å²) in [6.45, 7) is 3.13. The van der Waals surface area contributed by atoms with Gasteiger partial charge in [0.1, 0.15) is 23.2 Å². The highest BCUT2D eigenvalue weighted by Crippen LogP contribution is 2.37. The maximum atomic E-state index is 13.7. The highest BCUT2D eigenvalue weighted by Gasteiger charge is 2.35. The van der Waals surface area contributed by atoms with Crippen LogP contribution in [0.15, 0.2) is 48.7 Å². The number of nitrogens with one attached hydrogen (secondary N) is 2. The topological polar surface area (TPSA) is 149 Å². The van der Waals surface area contributed by atoms with E-state index in [1.54, 1.807) is 25.1 Å². The summed E-state index contributed by atoms with van der Waals surface area (Å²) in [6.07, 6.45) is -5.53. The summed E-state index contributed by atoms with van der Waals surface area (Å²) in [4.78, 5) is 19.5. The summed E-state index contributed by atoms with van der Waals surface area (Å²) in [6, 6.07) is 10.6. The van der Waals surface area contributed by atoms with Crippen molar-refractivity contribution in [1.29, 1.82) is 0 Å². The molecule has 0 aliphatic heterocycles. The number of aromatic nitrogens is 2. The number of alkyl halides is 3. The Bertz CT molecular complexity index is 1320. The zero-order chi connectivity index (χ0) is 28.0. The first-order valence-corrected chi connectivity index (χ1v) is 12.6. The van der Waals surface area contributed by atoms with Crippen LogP contribution in [0.5, 0.6) is 5.75 Å². The van der Waals surface area contributed by atoms with Crippen LogP contribution in [0.3, 0.4) is 0 Å². The van der Waals surface area contributed by atoms with Gasteiger partial charge in [-0.05, 0) is 42.7 Å². The van der Waals surface area contributed by atoms with Crippen molar-refractivity contribution in [2.45, 2.75) is 38.4 Å². The van der Waals surface area contributed by atoms with Crippen molar-refractivity contribution in [3.63, 3.8) is 0 Å². The van der Waals surface area contributed by atoms with Crippen LogP contribution in [-0.2, 0) is 21.4 Å². The van der Waals surface area contributed by atoms with Crippen molar-refractivity contribution in [3.8, 4) is 5.75 Å². The zero-order valence-corrected chi connectivity index (χ0v) is 21.5. The molecule has 0 bridgehead atoms. The van der Waals surface area contributed by atoms with Crippen molar-refractivity contribution in [3.05, 3.63) is 65.4 Å². The molecule has 0 aliphatic rings. The SMILES string of the molecule is COc1cc(C[P+](=O)OC(C)C(C)O)ccc1Nc1ncc(C(F)(F)F)c(Nc2ccccc2C(N)=O)n1. The number of nitrogens with two attached hydrogens (primary N) is 1. The lowest BCUT2D eigenvalue weighted by Crippen LogP contribution is -2.19. The summed E-state index contributed by atoms with van der Waals surface area (Å²) >= 11 is 0. The first-order chi connectivity index (χ1) is 17.9. The van der Waals surface area contributed by atoms with Crippen LogP contribution >= 0.6 is 8.03 Å². The molecule has 10 nitrogen and oxygen atoms in total. The van der Waals surface area contributed by atoms with Gasteiger partial charge >= 0.3 is 14.2 Å². The van der Waals surface area contributed by atoms with Crippen LogP contribution in [0.2, 0.25) is 0 Å². The van der Waals surface area contributed by atoms with Crippen molar-refractivity contribution >= 4 is 37.1 Å². The number of nitrogens with zero attached hydrogens (tertiary/aromatic N) is 2. The predicted molar refractivity (Wildman–Crippen MR) is 135 cm³/mol. The average molecular weight is 552 g/mol. The number of hydrogen-bond acceptors (Lipinski definition) is 9. The van der Waals surface area contributed by atoms with Gasteiger partial charge in [-0.3, -0.25) is 4.79 Å². The molecule has 202 valence electrons. The number of rotatable bonds is 11. The molecule has 1 aromatic heterocycles. The van der Waals surface area contributed by atoms with Crippen LogP contribution in [0.4, 0.5) is 36.3 Å². The number of benzene rings is 2. The maximum absolute atomic E-state index is 13.7. The third-order valence-corrected chi connectivity index (χ3v) is 6.52. The smallest absolute Gasteiger partial charge is 0.495 e. The molecule has 2 aromatic carbocycles. The molecule has 3 aromatic rings. The molecule has 3 unspecified atom stereocenters. The monoisotopic (exact) mass is 552 g/mol. The number of carbonyl (C=O) groups excluding carboxylic acids is 1. The molecule has 38 heavy (non-hydrogen) atoms. The van der Waals surface area contributed by atoms with Crippen LogP contribution in [0.25, 0.3) is 0 Å². The van der Waals surface area contributed by atoms with E-state index in [0.717, 1.165) is 0 Å². The fourth-order valence-electron chi connectivity index (χ4n) is 3.20. The number of primary amides is 1. The van der Waals surface area contributed by atoms with E-state index in [1.807, 2.05) is 0 Å². The van der Waals surface area contributed by atoms with E-state index in [-0.39, 0.29) is 29.1 Å². The number of aliphatic hydroxyl groups is 1. The molecular weight excluding hydrogens is 526 g/mol. The number of amides is 1. The quantitative estimate of drug-likeness (QED) is 0.238. The third kappa shape index (κ3) is 7.37. The van der Waals surface area contributed by atoms with E-state index in [1.165, 1.54) is 38.3 Å². The fourth-order valence-corrected chi connectivity index (χ4v) is 4.31. The number of aliphatic hydroxyl groups excluding tert-OH is 1. The Morgan fingerprint density at radius 2 is 1.87 bits per heavy atom. The molecule has 3 atom stereocenters. The molecule has 1 amide bonds. The van der Waals surface area contributed by atoms with Crippen molar-refractivity contribution in [1.82, 2.24) is 9.97 Å². The van der Waals surface area contributed by atoms with Gasteiger partial charge in [-0.1, -0.05) is 18.2 Å². The van der Waals surface area contributed by atoms with E-state index in [0.29, 0.717) is 17.4 Å². The van der Waals surface area contributed by atoms with Gasteiger partial charge in [0, 0.05) is 11.8 Å². The standard InChI is InChI=1S/C24H25F3N5O5P/c1-13(33)14(2)37-38(35)12-15-8-9-19(20(10-15)36-3)31-23-29-11-17(24(25,26)27)22(32-23)30-18-7-5-4-6-16(18)21(28)34/h4-11,13-14,33H,12H2,1-3H3,(H3-,28,29,30,31,32,34)/p+1. The fraction of sp³-hybridized carbons (Fsp3) is 0.292. The van der Waals surface area contributed by atoms with Crippen molar-refractivity contribution in [2.75, 3.05) is 17.7 Å². The second-order valence-corrected chi connectivity index (χ2v) is 9.38. The number of carbonyl (C=O) groups is 1. The van der Waals surface area contributed by atoms with Crippen molar-refractivity contribution < 1.29 is 36.9 Å². The number of methoxy groups -OCH3 is 1. The number of halogens is 3. The second kappa shape index (κ2) is 12.2. The highest BCUT2D eigenvalue weighted by atomic mass is 31.1. The molecule has 0 radical (unpaired) electrons. The highest BCUT2D eigenvalue weighted by molar-refractivity contribution is 7.38. The number of hydrogen-bond donors (Lipinski definition) is 4. The molecule has 0 fully saturated rings. The van der Waals surface area contributed by atoms with Gasteiger partial charge in [-0.15, -0.1) is 4.52 Å². The van der Waals surface area contributed by atoms with Crippen LogP contribution in [0, 0.1) is 0 Å². The zero-order valence-electron chi connectivity index (χ0n) is 20.6. The normalized spacial score (nSPS) is 13.4. The number of anilines is 4. The van der Waals surface area contributed by atoms with Crippen LogP contribution in [-0.4, -0.2) is 40.3 Å². The Hall–Kier alpha value is -3.80. The lowest BCUT2D eigenvalue weighted by atomic mass is 10.1. The van der Waals surface area contributed by atoms with Crippen molar-refractivity contribution in [2.24, 2.45) is 5.73 Å². The minimum atomic E-state index is -4.79. The first-order valence-electron chi connectivity index (χ1n) is 11.2. The van der Waals surface area contributed by atoms with Crippen LogP contribution in [0.1, 0.15) is 35.3 Å². The number of ether oxygens (including phenoxy) is 1. The third-order valence-electron chi connectivity index (χ3n) is 5.33. The van der Waals surface area contributed by atoms with E-state index in [2.05, 4.69) is 20.6 Å². The molecule has 1 heterocycles. The van der Waals surface area contributed by atoms with E-state index in [9.17, 15) is 27.6 Å². The first kappa shape index (κ1) is 28.8. The Morgan fingerprint density at radius 1 is 1.16 bits per heavy atom. The molecule has 14 heteroatoms. The Kier molecular flexibility index (Phi) is 9.21. The largest absolute Gasteiger partial charge is 0.513 e. The van der Waals surface area contributed by atoms with Gasteiger partial charge in [-0.25, -0.2) is 4.98 Å². The van der Waals surface area contributed by atoms with E-state index < -0.39 is 43.7 Å². The molecule has 0 saturated heterocycles. The summed E-state index contributed by atoms with van der Waals surface area (Å²) in [7, 11) is -0.727. The molecule has 5 N–H and O–H groups in total. The molecule has 0 spiro atoms. The summed E-state index contributed by atoms with van der Waals surface area (Å²) in [5, 5.41) is 14.9. The summed E-state index contributed by atoms with van der Waals surface area (Å²) in [5.41, 5.74) is 5.14. The molecule has 0 saturated carbocycles. The maximum Gasteiger partial charge on any atom is 0.513 e. The summed E-state index contributed by atoms with van der Waals surface area (Å²) < 4.78 is 63.9. The van der Waals surface area contributed by atoms with Crippen LogP contribution < -0.4 is 21.1 Å². The van der Waals surface area contributed by atoms with Gasteiger partial charge in [0.15, 0.2) is 0 Å². The predicted octanol–water partition coefficient (Wildman–Crippen LogP) is 5.12. The van der Waals surface area contributed by atoms with Gasteiger partial charge in [0.25, 0.3) is 5.91 Å². The Morgan fingerprint density at radius 3 is 2.50 bits per heavy atom. The van der Waals surface area contributed by atoms with Gasteiger partial charge in [0.2, 0.25) is 12.1 Å². The number of para-hydroxylation sites is 1. The Balaban J connectivity index is 1.88. The van der Waals surface area contributed by atoms with Gasteiger partial charge in [0.05, 0.1) is 30.2 Å².